The van der Waals surface area contributed by atoms with Crippen LogP contribution in [-0.4, -0.2) is 37.4 Å². The lowest BCUT2D eigenvalue weighted by atomic mass is 10.0. The van der Waals surface area contributed by atoms with Crippen LogP contribution in [0.5, 0.6) is 17.2 Å². The Labute approximate surface area is 124 Å². The average Bonchev–Trinajstić information content (AvgIpc) is 2.47. The molecule has 21 heavy (non-hydrogen) atoms. The van der Waals surface area contributed by atoms with Crippen LogP contribution in [0.15, 0.2) is 12.1 Å². The van der Waals surface area contributed by atoms with Gasteiger partial charge in [-0.1, -0.05) is 6.92 Å². The molecule has 3 N–H and O–H groups in total. The van der Waals surface area contributed by atoms with Crippen molar-refractivity contribution in [2.24, 2.45) is 5.73 Å². The van der Waals surface area contributed by atoms with E-state index in [1.54, 1.807) is 12.1 Å². The van der Waals surface area contributed by atoms with Gasteiger partial charge in [-0.2, -0.15) is 0 Å². The summed E-state index contributed by atoms with van der Waals surface area (Å²) >= 11 is 0. The van der Waals surface area contributed by atoms with Crippen LogP contribution in [-0.2, 0) is 11.2 Å². The number of carbonyl (C=O) groups is 1. The summed E-state index contributed by atoms with van der Waals surface area (Å²) in [6.07, 6.45) is 0.535. The number of rotatable bonds is 8. The SMILES string of the molecule is CCC(N)Cc1cc(OC)c(OC(C)C(=O)O)c(OC)c1. The first kappa shape index (κ1) is 17.1. The third kappa shape index (κ3) is 4.53. The predicted octanol–water partition coefficient (Wildman–Crippen LogP) is 1.84. The highest BCUT2D eigenvalue weighted by molar-refractivity contribution is 5.72. The fraction of sp³-hybridized carbons (Fsp3) is 0.533. The van der Waals surface area contributed by atoms with Crippen molar-refractivity contribution in [1.29, 1.82) is 0 Å². The maximum Gasteiger partial charge on any atom is 0.344 e. The zero-order chi connectivity index (χ0) is 16.0. The van der Waals surface area contributed by atoms with E-state index < -0.39 is 12.1 Å². The summed E-state index contributed by atoms with van der Waals surface area (Å²) < 4.78 is 16.0. The Morgan fingerprint density at radius 2 is 1.81 bits per heavy atom. The van der Waals surface area contributed by atoms with E-state index in [1.165, 1.54) is 21.1 Å². The summed E-state index contributed by atoms with van der Waals surface area (Å²) in [6.45, 7) is 3.47. The number of methoxy groups -OCH3 is 2. The fourth-order valence-electron chi connectivity index (χ4n) is 1.84. The number of benzene rings is 1. The van der Waals surface area contributed by atoms with E-state index in [1.807, 2.05) is 6.92 Å². The lowest BCUT2D eigenvalue weighted by Gasteiger charge is -2.19. The molecule has 0 aromatic heterocycles. The van der Waals surface area contributed by atoms with Crippen molar-refractivity contribution in [3.63, 3.8) is 0 Å². The van der Waals surface area contributed by atoms with Crippen LogP contribution in [0.3, 0.4) is 0 Å². The highest BCUT2D eigenvalue weighted by Crippen LogP contribution is 2.39. The highest BCUT2D eigenvalue weighted by Gasteiger charge is 2.20. The van der Waals surface area contributed by atoms with E-state index >= 15 is 0 Å². The van der Waals surface area contributed by atoms with Crippen LogP contribution >= 0.6 is 0 Å². The van der Waals surface area contributed by atoms with Crippen LogP contribution < -0.4 is 19.9 Å². The number of carboxylic acid groups (broad SMARTS) is 1. The van der Waals surface area contributed by atoms with Gasteiger partial charge in [0.15, 0.2) is 17.6 Å². The molecule has 0 saturated carbocycles. The van der Waals surface area contributed by atoms with Gasteiger partial charge in [0, 0.05) is 6.04 Å². The summed E-state index contributed by atoms with van der Waals surface area (Å²) in [5.74, 6) is 0.0846. The molecule has 0 aliphatic heterocycles. The molecule has 1 aromatic carbocycles. The van der Waals surface area contributed by atoms with E-state index in [2.05, 4.69) is 0 Å². The lowest BCUT2D eigenvalue weighted by Crippen LogP contribution is -2.24. The van der Waals surface area contributed by atoms with Crippen LogP contribution in [0.2, 0.25) is 0 Å². The number of aliphatic carboxylic acids is 1. The molecule has 1 rings (SSSR count). The molecular weight excluding hydrogens is 274 g/mol. The van der Waals surface area contributed by atoms with Crippen molar-refractivity contribution in [2.45, 2.75) is 38.8 Å². The summed E-state index contributed by atoms with van der Waals surface area (Å²) in [5.41, 5.74) is 6.91. The minimum absolute atomic E-state index is 0.0455. The Kier molecular flexibility index (Phi) is 6.30. The minimum Gasteiger partial charge on any atom is -0.493 e. The molecule has 0 saturated heterocycles. The summed E-state index contributed by atoms with van der Waals surface area (Å²) in [6, 6.07) is 3.63. The first-order chi connectivity index (χ1) is 9.92. The van der Waals surface area contributed by atoms with Gasteiger partial charge in [0.1, 0.15) is 0 Å². The van der Waals surface area contributed by atoms with E-state index in [-0.39, 0.29) is 11.8 Å². The standard InChI is InChI=1S/C15H23NO5/c1-5-11(16)6-10-7-12(19-3)14(13(8-10)20-4)21-9(2)15(17)18/h7-9,11H,5-6,16H2,1-4H3,(H,17,18). The average molecular weight is 297 g/mol. The van der Waals surface area contributed by atoms with E-state index in [9.17, 15) is 4.79 Å². The summed E-state index contributed by atoms with van der Waals surface area (Å²) in [7, 11) is 2.99. The van der Waals surface area contributed by atoms with Crippen LogP contribution in [0.4, 0.5) is 0 Å². The number of nitrogens with two attached hydrogens (primary N) is 1. The zero-order valence-corrected chi connectivity index (χ0v) is 12.9. The normalized spacial score (nSPS) is 13.4. The number of hydrogen-bond donors (Lipinski definition) is 2. The smallest absolute Gasteiger partial charge is 0.344 e. The number of hydrogen-bond acceptors (Lipinski definition) is 5. The van der Waals surface area contributed by atoms with Crippen molar-refractivity contribution in [2.75, 3.05) is 14.2 Å². The molecule has 0 fully saturated rings. The first-order valence-electron chi connectivity index (χ1n) is 6.82. The van der Waals surface area contributed by atoms with Gasteiger partial charge in [-0.15, -0.1) is 0 Å². The minimum atomic E-state index is -1.06. The molecule has 6 nitrogen and oxygen atoms in total. The van der Waals surface area contributed by atoms with Crippen molar-refractivity contribution >= 4 is 5.97 Å². The molecule has 0 radical (unpaired) electrons. The van der Waals surface area contributed by atoms with Gasteiger partial charge in [-0.25, -0.2) is 4.79 Å². The van der Waals surface area contributed by atoms with Crippen LogP contribution in [0.1, 0.15) is 25.8 Å². The molecule has 118 valence electrons. The number of carboxylic acids is 1. The molecular formula is C15H23NO5. The molecule has 0 bridgehead atoms. The van der Waals surface area contributed by atoms with Crippen molar-refractivity contribution in [3.8, 4) is 17.2 Å². The van der Waals surface area contributed by atoms with E-state index in [0.717, 1.165) is 12.0 Å². The van der Waals surface area contributed by atoms with Crippen LogP contribution in [0, 0.1) is 0 Å². The largest absolute Gasteiger partial charge is 0.493 e. The topological polar surface area (TPSA) is 91.0 Å². The Bertz CT molecular complexity index is 464. The zero-order valence-electron chi connectivity index (χ0n) is 12.9. The molecule has 6 heteroatoms. The Morgan fingerprint density at radius 3 is 2.19 bits per heavy atom. The maximum atomic E-state index is 10.9. The Hall–Kier alpha value is -1.95. The fourth-order valence-corrected chi connectivity index (χ4v) is 1.84. The quantitative estimate of drug-likeness (QED) is 0.760. The van der Waals surface area contributed by atoms with Gasteiger partial charge < -0.3 is 25.1 Å². The summed E-state index contributed by atoms with van der Waals surface area (Å²) in [4.78, 5) is 10.9. The van der Waals surface area contributed by atoms with Gasteiger partial charge in [-0.05, 0) is 37.5 Å². The number of ether oxygens (including phenoxy) is 3. The third-order valence-electron chi connectivity index (χ3n) is 3.19. The molecule has 2 atom stereocenters. The lowest BCUT2D eigenvalue weighted by molar-refractivity contribution is -0.144. The van der Waals surface area contributed by atoms with Crippen LogP contribution in [0.25, 0.3) is 0 Å². The third-order valence-corrected chi connectivity index (χ3v) is 3.19. The predicted molar refractivity (Wildman–Crippen MR) is 79.2 cm³/mol. The van der Waals surface area contributed by atoms with Gasteiger partial charge in [0.2, 0.25) is 5.75 Å². The first-order valence-corrected chi connectivity index (χ1v) is 6.82. The second kappa shape index (κ2) is 7.73. The molecule has 0 heterocycles. The molecule has 2 unspecified atom stereocenters. The maximum absolute atomic E-state index is 10.9. The van der Waals surface area contributed by atoms with Gasteiger partial charge in [0.05, 0.1) is 14.2 Å². The molecule has 0 aliphatic carbocycles. The second-order valence-corrected chi connectivity index (χ2v) is 4.80. The van der Waals surface area contributed by atoms with Crippen molar-refractivity contribution in [1.82, 2.24) is 0 Å². The monoisotopic (exact) mass is 297 g/mol. The van der Waals surface area contributed by atoms with Gasteiger partial charge >= 0.3 is 5.97 Å². The van der Waals surface area contributed by atoms with E-state index in [0.29, 0.717) is 17.9 Å². The summed E-state index contributed by atoms with van der Waals surface area (Å²) in [5, 5.41) is 8.95. The molecule has 0 spiro atoms. The second-order valence-electron chi connectivity index (χ2n) is 4.80. The van der Waals surface area contributed by atoms with Crippen molar-refractivity contribution < 1.29 is 24.1 Å². The Morgan fingerprint density at radius 1 is 1.29 bits per heavy atom. The molecule has 1 aromatic rings. The Balaban J connectivity index is 3.15. The molecule has 0 aliphatic rings. The van der Waals surface area contributed by atoms with E-state index in [4.69, 9.17) is 25.1 Å². The van der Waals surface area contributed by atoms with Crippen molar-refractivity contribution in [3.05, 3.63) is 17.7 Å². The van der Waals surface area contributed by atoms with Gasteiger partial charge in [-0.3, -0.25) is 0 Å². The highest BCUT2D eigenvalue weighted by atomic mass is 16.6. The molecule has 0 amide bonds. The van der Waals surface area contributed by atoms with Gasteiger partial charge in [0.25, 0.3) is 0 Å².